The maximum Gasteiger partial charge on any atom is 0.354 e. The molecule has 2 heterocycles. The third-order valence-corrected chi connectivity index (χ3v) is 5.59. The fourth-order valence-electron chi connectivity index (χ4n) is 3.86. The summed E-state index contributed by atoms with van der Waals surface area (Å²) in [4.78, 5) is 32.7. The van der Waals surface area contributed by atoms with Gasteiger partial charge in [0, 0.05) is 31.6 Å². The Morgan fingerprint density at radius 2 is 1.71 bits per heavy atom. The molecule has 1 aliphatic heterocycles. The van der Waals surface area contributed by atoms with Crippen LogP contribution in [-0.4, -0.2) is 46.0 Å². The van der Waals surface area contributed by atoms with Gasteiger partial charge >= 0.3 is 5.97 Å². The number of carbonyl (C=O) groups is 2. The van der Waals surface area contributed by atoms with Crippen molar-refractivity contribution in [3.05, 3.63) is 59.8 Å². The monoisotopic (exact) mass is 379 g/mol. The van der Waals surface area contributed by atoms with Gasteiger partial charge < -0.3 is 14.9 Å². The van der Waals surface area contributed by atoms with Crippen LogP contribution in [0.1, 0.15) is 41.7 Å². The molecule has 1 aliphatic carbocycles. The van der Waals surface area contributed by atoms with Crippen LogP contribution in [0.3, 0.4) is 0 Å². The summed E-state index contributed by atoms with van der Waals surface area (Å²) in [6.45, 7) is 2.12. The predicted molar refractivity (Wildman–Crippen MR) is 106 cm³/mol. The molecule has 2 aromatic rings. The van der Waals surface area contributed by atoms with E-state index in [1.807, 2.05) is 24.3 Å². The van der Waals surface area contributed by atoms with Crippen molar-refractivity contribution in [3.8, 4) is 0 Å². The van der Waals surface area contributed by atoms with Crippen molar-refractivity contribution in [1.29, 1.82) is 0 Å². The third-order valence-electron chi connectivity index (χ3n) is 5.59. The fraction of sp³-hybridized carbons (Fsp3) is 0.409. The number of carboxylic acid groups (broad SMARTS) is 1. The molecule has 1 aromatic carbocycles. The average Bonchev–Trinajstić information content (AvgIpc) is 3.58. The number of carboxylic acids is 1. The minimum absolute atomic E-state index is 0.0308. The van der Waals surface area contributed by atoms with Gasteiger partial charge in [0.25, 0.3) is 0 Å². The van der Waals surface area contributed by atoms with E-state index in [4.69, 9.17) is 5.11 Å². The number of hydrogen-bond acceptors (Lipinski definition) is 4. The largest absolute Gasteiger partial charge is 0.477 e. The van der Waals surface area contributed by atoms with Crippen molar-refractivity contribution in [3.63, 3.8) is 0 Å². The maximum absolute atomic E-state index is 13.2. The van der Waals surface area contributed by atoms with Gasteiger partial charge in [0.1, 0.15) is 5.82 Å². The van der Waals surface area contributed by atoms with Crippen LogP contribution in [0.4, 0.5) is 5.82 Å². The number of amides is 1. The molecule has 1 saturated heterocycles. The van der Waals surface area contributed by atoms with Crippen LogP contribution < -0.4 is 4.90 Å². The standard InChI is InChI=1S/C22H25N3O3/c26-21(25(18-9-10-18)15-16-5-2-1-3-6-16)17-11-13-24(14-12-17)20-8-4-7-19(23-20)22(27)28/h1-8,17-18H,9-15H2,(H,27,28). The summed E-state index contributed by atoms with van der Waals surface area (Å²) in [5.74, 6) is -0.0523. The Morgan fingerprint density at radius 3 is 2.36 bits per heavy atom. The quantitative estimate of drug-likeness (QED) is 0.834. The van der Waals surface area contributed by atoms with Gasteiger partial charge in [-0.2, -0.15) is 0 Å². The van der Waals surface area contributed by atoms with Crippen LogP contribution in [0.5, 0.6) is 0 Å². The number of aromatic carboxylic acids is 1. The van der Waals surface area contributed by atoms with Crippen LogP contribution in [0.25, 0.3) is 0 Å². The number of carbonyl (C=O) groups excluding carboxylic acids is 1. The molecule has 4 rings (SSSR count). The van der Waals surface area contributed by atoms with Gasteiger partial charge in [0.05, 0.1) is 0 Å². The lowest BCUT2D eigenvalue weighted by atomic mass is 9.94. The number of benzene rings is 1. The Labute approximate surface area is 164 Å². The van der Waals surface area contributed by atoms with Gasteiger partial charge in [-0.25, -0.2) is 9.78 Å². The van der Waals surface area contributed by atoms with E-state index in [0.717, 1.165) is 38.8 Å². The number of aromatic nitrogens is 1. The lowest BCUT2D eigenvalue weighted by Crippen LogP contribution is -2.43. The number of piperidine rings is 1. The van der Waals surface area contributed by atoms with Crippen LogP contribution in [0.15, 0.2) is 48.5 Å². The van der Waals surface area contributed by atoms with Crippen molar-refractivity contribution in [2.75, 3.05) is 18.0 Å². The normalized spacial score (nSPS) is 17.4. The SMILES string of the molecule is O=C(O)c1cccc(N2CCC(C(=O)N(Cc3ccccc3)C3CC3)CC2)n1. The molecule has 1 amide bonds. The Hall–Kier alpha value is -2.89. The molecular formula is C22H25N3O3. The number of rotatable bonds is 6. The molecule has 1 saturated carbocycles. The first kappa shape index (κ1) is 18.5. The Kier molecular flexibility index (Phi) is 5.28. The highest BCUT2D eigenvalue weighted by atomic mass is 16.4. The Balaban J connectivity index is 1.39. The summed E-state index contributed by atoms with van der Waals surface area (Å²) in [6.07, 6.45) is 3.75. The highest BCUT2D eigenvalue weighted by Gasteiger charge is 2.37. The van der Waals surface area contributed by atoms with Gasteiger partial charge in [0.15, 0.2) is 5.69 Å². The van der Waals surface area contributed by atoms with E-state index in [-0.39, 0.29) is 17.5 Å². The topological polar surface area (TPSA) is 73.7 Å². The zero-order valence-corrected chi connectivity index (χ0v) is 15.8. The molecule has 146 valence electrons. The first-order valence-electron chi connectivity index (χ1n) is 9.91. The van der Waals surface area contributed by atoms with E-state index >= 15 is 0 Å². The molecule has 1 N–H and O–H groups in total. The van der Waals surface area contributed by atoms with Gasteiger partial charge in [-0.05, 0) is 43.4 Å². The third kappa shape index (κ3) is 4.16. The molecule has 2 fully saturated rings. The maximum atomic E-state index is 13.2. The number of nitrogens with zero attached hydrogens (tertiary/aromatic N) is 3. The minimum Gasteiger partial charge on any atom is -0.477 e. The van der Waals surface area contributed by atoms with Crippen molar-refractivity contribution >= 4 is 17.7 Å². The van der Waals surface area contributed by atoms with Crippen molar-refractivity contribution in [1.82, 2.24) is 9.88 Å². The molecule has 28 heavy (non-hydrogen) atoms. The van der Waals surface area contributed by atoms with Crippen molar-refractivity contribution in [2.45, 2.75) is 38.3 Å². The first-order chi connectivity index (χ1) is 13.6. The second-order valence-corrected chi connectivity index (χ2v) is 7.63. The molecule has 0 radical (unpaired) electrons. The molecule has 6 heteroatoms. The summed E-state index contributed by atoms with van der Waals surface area (Å²) >= 11 is 0. The van der Waals surface area contributed by atoms with Crippen molar-refractivity contribution in [2.24, 2.45) is 5.92 Å². The minimum atomic E-state index is -1.02. The highest BCUT2D eigenvalue weighted by Crippen LogP contribution is 2.32. The van der Waals surface area contributed by atoms with Gasteiger partial charge in [-0.1, -0.05) is 36.4 Å². The van der Waals surface area contributed by atoms with Crippen LogP contribution in [0, 0.1) is 5.92 Å². The van der Waals surface area contributed by atoms with Gasteiger partial charge in [0.2, 0.25) is 5.91 Å². The van der Waals surface area contributed by atoms with Gasteiger partial charge in [-0.3, -0.25) is 4.79 Å². The van der Waals surface area contributed by atoms with Crippen LogP contribution in [0.2, 0.25) is 0 Å². The smallest absolute Gasteiger partial charge is 0.354 e. The summed E-state index contributed by atoms with van der Waals surface area (Å²) < 4.78 is 0. The summed E-state index contributed by atoms with van der Waals surface area (Å²) in [5, 5.41) is 9.13. The first-order valence-corrected chi connectivity index (χ1v) is 9.91. The van der Waals surface area contributed by atoms with E-state index in [1.54, 1.807) is 6.07 Å². The lowest BCUT2D eigenvalue weighted by Gasteiger charge is -2.35. The second-order valence-electron chi connectivity index (χ2n) is 7.63. The second kappa shape index (κ2) is 8.00. The predicted octanol–water partition coefficient (Wildman–Crippen LogP) is 3.19. The Morgan fingerprint density at radius 1 is 1.00 bits per heavy atom. The molecule has 0 spiro atoms. The zero-order valence-electron chi connectivity index (χ0n) is 15.8. The zero-order chi connectivity index (χ0) is 19.5. The van der Waals surface area contributed by atoms with Gasteiger partial charge in [-0.15, -0.1) is 0 Å². The average molecular weight is 379 g/mol. The van der Waals surface area contributed by atoms with E-state index in [1.165, 1.54) is 11.6 Å². The Bertz CT molecular complexity index is 843. The molecule has 1 aromatic heterocycles. The number of hydrogen-bond donors (Lipinski definition) is 1. The van der Waals surface area contributed by atoms with E-state index in [0.29, 0.717) is 18.4 Å². The highest BCUT2D eigenvalue weighted by molar-refractivity contribution is 5.85. The van der Waals surface area contributed by atoms with E-state index in [2.05, 4.69) is 26.9 Å². The number of pyridine rings is 1. The molecule has 0 atom stereocenters. The van der Waals surface area contributed by atoms with Crippen molar-refractivity contribution < 1.29 is 14.7 Å². The lowest BCUT2D eigenvalue weighted by molar-refractivity contribution is -0.137. The molecule has 2 aliphatic rings. The van der Waals surface area contributed by atoms with Crippen LogP contribution >= 0.6 is 0 Å². The fourth-order valence-corrected chi connectivity index (χ4v) is 3.86. The molecule has 0 bridgehead atoms. The molecule has 0 unspecified atom stereocenters. The molecule has 6 nitrogen and oxygen atoms in total. The summed E-state index contributed by atoms with van der Waals surface area (Å²) in [5.41, 5.74) is 1.23. The number of anilines is 1. The van der Waals surface area contributed by atoms with Crippen LogP contribution in [-0.2, 0) is 11.3 Å². The summed E-state index contributed by atoms with van der Waals surface area (Å²) in [6, 6.07) is 15.6. The van der Waals surface area contributed by atoms with E-state index < -0.39 is 5.97 Å². The molecular weight excluding hydrogens is 354 g/mol. The van der Waals surface area contributed by atoms with E-state index in [9.17, 15) is 9.59 Å². The summed E-state index contributed by atoms with van der Waals surface area (Å²) in [7, 11) is 0.